The molecular formula is C24H25BrN6O2. The van der Waals surface area contributed by atoms with E-state index in [1.165, 1.54) is 0 Å². The fraction of sp³-hybridized carbons (Fsp3) is 0.375. The number of benzene rings is 1. The van der Waals surface area contributed by atoms with Gasteiger partial charge in [0.15, 0.2) is 0 Å². The summed E-state index contributed by atoms with van der Waals surface area (Å²) in [7, 11) is 0. The largest absolute Gasteiger partial charge is 0.390 e. The predicted molar refractivity (Wildman–Crippen MR) is 130 cm³/mol. The Morgan fingerprint density at radius 3 is 2.88 bits per heavy atom. The van der Waals surface area contributed by atoms with Gasteiger partial charge in [-0.05, 0) is 59.5 Å². The number of halogens is 1. The third-order valence-corrected chi connectivity index (χ3v) is 8.20. The summed E-state index contributed by atoms with van der Waals surface area (Å²) in [5.74, 6) is 0.464. The van der Waals surface area contributed by atoms with Crippen molar-refractivity contribution >= 4 is 43.7 Å². The van der Waals surface area contributed by atoms with E-state index in [0.29, 0.717) is 18.8 Å². The Bertz CT molecular complexity index is 1390. The molecular weight excluding hydrogens is 484 g/mol. The van der Waals surface area contributed by atoms with Crippen LogP contribution in [0.1, 0.15) is 36.2 Å². The number of nitrogens with two attached hydrogens (primary N) is 1. The Morgan fingerprint density at radius 2 is 2.03 bits per heavy atom. The Balaban J connectivity index is 1.30. The van der Waals surface area contributed by atoms with Crippen LogP contribution in [0.5, 0.6) is 0 Å². The number of nitrogens with one attached hydrogen (secondary N) is 1. The van der Waals surface area contributed by atoms with Gasteiger partial charge in [-0.2, -0.15) is 0 Å². The summed E-state index contributed by atoms with van der Waals surface area (Å²) in [5.41, 5.74) is 9.21. The fourth-order valence-electron chi connectivity index (χ4n) is 5.74. The average molecular weight is 509 g/mol. The van der Waals surface area contributed by atoms with E-state index < -0.39 is 17.6 Å². The molecule has 1 aliphatic carbocycles. The lowest BCUT2D eigenvalue weighted by Crippen LogP contribution is -2.38. The molecule has 5 N–H and O–H groups in total. The molecule has 8 nitrogen and oxygen atoms in total. The minimum Gasteiger partial charge on any atom is -0.390 e. The third kappa shape index (κ3) is 3.18. The molecule has 1 saturated heterocycles. The van der Waals surface area contributed by atoms with E-state index in [9.17, 15) is 10.2 Å². The summed E-state index contributed by atoms with van der Waals surface area (Å²) >= 11 is 3.43. The summed E-state index contributed by atoms with van der Waals surface area (Å²) in [6.45, 7) is 2.58. The van der Waals surface area contributed by atoms with Gasteiger partial charge in [-0.15, -0.1) is 0 Å². The van der Waals surface area contributed by atoms with Gasteiger partial charge in [0.25, 0.3) is 0 Å². The number of hydrogen-bond acceptors (Lipinski definition) is 7. The maximum atomic E-state index is 11.2. The first-order chi connectivity index (χ1) is 15.9. The Kier molecular flexibility index (Phi) is 4.74. The molecule has 170 valence electrons. The topological polar surface area (TPSA) is 122 Å². The molecule has 2 aliphatic rings. The predicted octanol–water partition coefficient (Wildman–Crippen LogP) is 3.02. The minimum absolute atomic E-state index is 0.0626. The van der Waals surface area contributed by atoms with Crippen LogP contribution < -0.4 is 11.1 Å². The maximum Gasteiger partial charge on any atom is 0.143 e. The van der Waals surface area contributed by atoms with Gasteiger partial charge in [-0.3, -0.25) is 0 Å². The van der Waals surface area contributed by atoms with Gasteiger partial charge >= 0.3 is 0 Å². The Hall–Kier alpha value is -2.59. The zero-order valence-electron chi connectivity index (χ0n) is 18.1. The van der Waals surface area contributed by atoms with Crippen molar-refractivity contribution in [3.63, 3.8) is 0 Å². The molecule has 0 radical (unpaired) electrons. The number of pyridine rings is 1. The molecule has 1 aromatic carbocycles. The number of nitrogen functional groups attached to an aromatic ring is 1. The highest BCUT2D eigenvalue weighted by molar-refractivity contribution is 9.10. The maximum absolute atomic E-state index is 11.2. The zero-order valence-corrected chi connectivity index (χ0v) is 19.7. The molecule has 5 unspecified atom stereocenters. The first kappa shape index (κ1) is 21.0. The van der Waals surface area contributed by atoms with Crippen molar-refractivity contribution in [3.05, 3.63) is 58.6 Å². The summed E-state index contributed by atoms with van der Waals surface area (Å²) in [4.78, 5) is 13.2. The molecule has 0 bridgehead atoms. The standard InChI is InChI=1S/C24H25BrN6O2/c1-12-15-4-5-31(23(15)29-11-28-12)19-9-24(21(33)20(19)32)8-18(27-10-24)14-3-2-13-6-16(25)22(26)30-17(13)7-14/h2-7,11,18-21,27,32-33H,8-10H2,1H3,(H2,26,30). The SMILES string of the molecule is Cc1ncnc2c1ccn2C1CC2(CNC(c3ccc4cc(Br)c(N)nc4c3)C2)C(O)C1O. The second-order valence-corrected chi connectivity index (χ2v) is 10.3. The lowest BCUT2D eigenvalue weighted by atomic mass is 9.80. The van der Waals surface area contributed by atoms with Crippen LogP contribution in [0, 0.1) is 12.3 Å². The molecule has 2 fully saturated rings. The van der Waals surface area contributed by atoms with E-state index in [1.54, 1.807) is 6.33 Å². The molecule has 3 aromatic heterocycles. The Labute approximate surface area is 199 Å². The molecule has 6 rings (SSSR count). The molecule has 1 aliphatic heterocycles. The molecule has 5 atom stereocenters. The molecule has 1 spiro atoms. The van der Waals surface area contributed by atoms with Gasteiger partial charge < -0.3 is 25.8 Å². The molecule has 4 heterocycles. The first-order valence-electron chi connectivity index (χ1n) is 11.1. The number of anilines is 1. The van der Waals surface area contributed by atoms with E-state index in [-0.39, 0.29) is 12.1 Å². The molecule has 9 heteroatoms. The highest BCUT2D eigenvalue weighted by Gasteiger charge is 2.56. The number of rotatable bonds is 2. The van der Waals surface area contributed by atoms with Gasteiger partial charge in [0, 0.05) is 35.0 Å². The van der Waals surface area contributed by atoms with Crippen LogP contribution in [0.4, 0.5) is 5.82 Å². The third-order valence-electron chi connectivity index (χ3n) is 7.56. The number of fused-ring (bicyclic) bond motifs is 2. The van der Waals surface area contributed by atoms with Crippen molar-refractivity contribution in [2.75, 3.05) is 12.3 Å². The fourth-order valence-corrected chi connectivity index (χ4v) is 6.08. The number of hydrogen-bond donors (Lipinski definition) is 4. The quantitative estimate of drug-likeness (QED) is 0.328. The smallest absolute Gasteiger partial charge is 0.143 e. The van der Waals surface area contributed by atoms with Gasteiger partial charge in [0.2, 0.25) is 0 Å². The van der Waals surface area contributed by atoms with E-state index in [0.717, 1.165) is 44.1 Å². The van der Waals surface area contributed by atoms with Crippen molar-refractivity contribution in [1.82, 2.24) is 24.8 Å². The van der Waals surface area contributed by atoms with Crippen molar-refractivity contribution < 1.29 is 10.2 Å². The van der Waals surface area contributed by atoms with Gasteiger partial charge in [-0.1, -0.05) is 12.1 Å². The van der Waals surface area contributed by atoms with Gasteiger partial charge in [0.1, 0.15) is 23.9 Å². The number of nitrogens with zero attached hydrogens (tertiary/aromatic N) is 4. The molecule has 1 saturated carbocycles. The van der Waals surface area contributed by atoms with Crippen molar-refractivity contribution in [2.45, 2.75) is 44.1 Å². The highest BCUT2D eigenvalue weighted by atomic mass is 79.9. The lowest BCUT2D eigenvalue weighted by Gasteiger charge is -2.27. The van der Waals surface area contributed by atoms with Crippen molar-refractivity contribution in [2.24, 2.45) is 5.41 Å². The minimum atomic E-state index is -0.869. The van der Waals surface area contributed by atoms with E-state index in [1.807, 2.05) is 35.9 Å². The summed E-state index contributed by atoms with van der Waals surface area (Å²) < 4.78 is 2.79. The zero-order chi connectivity index (χ0) is 22.9. The van der Waals surface area contributed by atoms with Crippen LogP contribution >= 0.6 is 15.9 Å². The number of aliphatic hydroxyl groups excluding tert-OH is 2. The molecule has 4 aromatic rings. The van der Waals surface area contributed by atoms with Crippen LogP contribution in [0.2, 0.25) is 0 Å². The summed E-state index contributed by atoms with van der Waals surface area (Å²) in [6, 6.07) is 9.97. The van der Waals surface area contributed by atoms with Crippen molar-refractivity contribution in [1.29, 1.82) is 0 Å². The Morgan fingerprint density at radius 1 is 1.18 bits per heavy atom. The molecule has 0 amide bonds. The van der Waals surface area contributed by atoms with Crippen LogP contribution in [0.15, 0.2) is 47.3 Å². The van der Waals surface area contributed by atoms with Gasteiger partial charge in [0.05, 0.1) is 27.8 Å². The second-order valence-electron chi connectivity index (χ2n) is 9.43. The second kappa shape index (κ2) is 7.46. The van der Waals surface area contributed by atoms with Crippen molar-refractivity contribution in [3.8, 4) is 0 Å². The van der Waals surface area contributed by atoms with E-state index >= 15 is 0 Å². The average Bonchev–Trinajstić information content (AvgIpc) is 3.48. The van der Waals surface area contributed by atoms with Crippen LogP contribution in [-0.4, -0.2) is 48.5 Å². The van der Waals surface area contributed by atoms with E-state index in [4.69, 9.17) is 5.73 Å². The number of aryl methyl sites for hydroxylation is 1. The highest BCUT2D eigenvalue weighted by Crippen LogP contribution is 2.52. The summed E-state index contributed by atoms with van der Waals surface area (Å²) in [6.07, 6.45) is 3.19. The molecule has 33 heavy (non-hydrogen) atoms. The normalized spacial score (nSPS) is 29.6. The van der Waals surface area contributed by atoms with Gasteiger partial charge in [-0.25, -0.2) is 15.0 Å². The van der Waals surface area contributed by atoms with E-state index in [2.05, 4.69) is 48.3 Å². The number of aromatic nitrogens is 4. The lowest BCUT2D eigenvalue weighted by molar-refractivity contribution is -0.0218. The number of aliphatic hydroxyl groups is 2. The summed E-state index contributed by atoms with van der Waals surface area (Å²) in [5, 5.41) is 27.8. The monoisotopic (exact) mass is 508 g/mol. The first-order valence-corrected chi connectivity index (χ1v) is 11.9. The van der Waals surface area contributed by atoms with Crippen LogP contribution in [0.25, 0.3) is 21.9 Å². The van der Waals surface area contributed by atoms with Crippen LogP contribution in [-0.2, 0) is 0 Å². The van der Waals surface area contributed by atoms with Crippen LogP contribution in [0.3, 0.4) is 0 Å².